The minimum atomic E-state index is -3.50. The van der Waals surface area contributed by atoms with Gasteiger partial charge in [0, 0.05) is 17.7 Å². The number of nitrogens with zero attached hydrogens (tertiary/aromatic N) is 3. The van der Waals surface area contributed by atoms with E-state index in [1.165, 1.54) is 24.3 Å². The zero-order valence-electron chi connectivity index (χ0n) is 12.6. The number of amides is 1. The van der Waals surface area contributed by atoms with Gasteiger partial charge in [-0.1, -0.05) is 24.7 Å². The highest BCUT2D eigenvalue weighted by Crippen LogP contribution is 2.22. The smallest absolute Gasteiger partial charge is 0.269 e. The zero-order chi connectivity index (χ0) is 17.7. The van der Waals surface area contributed by atoms with Crippen LogP contribution in [0.5, 0.6) is 0 Å². The molecule has 0 bridgehead atoms. The molecule has 11 heteroatoms. The Kier molecular flexibility index (Phi) is 5.57. The predicted molar refractivity (Wildman–Crippen MR) is 87.9 cm³/mol. The first kappa shape index (κ1) is 17.9. The first-order valence-electron chi connectivity index (χ1n) is 6.95. The van der Waals surface area contributed by atoms with E-state index in [-0.39, 0.29) is 26.5 Å². The summed E-state index contributed by atoms with van der Waals surface area (Å²) in [7, 11) is -3.50. The van der Waals surface area contributed by atoms with Crippen LogP contribution in [0, 0.1) is 10.1 Å². The SMILES string of the molecule is CCCCS(=O)(=O)c1nnc(NC(=O)c2ccc([N+](=O)[O-])cc2)s1. The highest BCUT2D eigenvalue weighted by molar-refractivity contribution is 7.93. The molecule has 0 aliphatic carbocycles. The fourth-order valence-corrected chi connectivity index (χ4v) is 4.19. The molecule has 0 atom stereocenters. The summed E-state index contributed by atoms with van der Waals surface area (Å²) in [5.41, 5.74) is 0.0537. The first-order valence-corrected chi connectivity index (χ1v) is 9.42. The first-order chi connectivity index (χ1) is 11.3. The van der Waals surface area contributed by atoms with Gasteiger partial charge in [0.15, 0.2) is 0 Å². The maximum absolute atomic E-state index is 12.0. The summed E-state index contributed by atoms with van der Waals surface area (Å²) in [6.45, 7) is 1.88. The molecule has 1 heterocycles. The van der Waals surface area contributed by atoms with Crippen molar-refractivity contribution in [1.29, 1.82) is 0 Å². The highest BCUT2D eigenvalue weighted by atomic mass is 32.2. The molecule has 1 aromatic carbocycles. The van der Waals surface area contributed by atoms with Crippen LogP contribution in [0.25, 0.3) is 0 Å². The quantitative estimate of drug-likeness (QED) is 0.449. The number of unbranched alkanes of at least 4 members (excludes halogenated alkanes) is 1. The van der Waals surface area contributed by atoms with Gasteiger partial charge in [-0.3, -0.25) is 20.2 Å². The molecule has 24 heavy (non-hydrogen) atoms. The van der Waals surface area contributed by atoms with Crippen LogP contribution < -0.4 is 5.32 Å². The summed E-state index contributed by atoms with van der Waals surface area (Å²) >= 11 is 0.771. The molecule has 0 aliphatic rings. The van der Waals surface area contributed by atoms with E-state index in [9.17, 15) is 23.3 Å². The fourth-order valence-electron chi connectivity index (χ4n) is 1.71. The van der Waals surface area contributed by atoms with E-state index in [0.29, 0.717) is 6.42 Å². The van der Waals surface area contributed by atoms with Crippen molar-refractivity contribution < 1.29 is 18.1 Å². The lowest BCUT2D eigenvalue weighted by molar-refractivity contribution is -0.384. The molecule has 2 rings (SSSR count). The minimum absolute atomic E-state index is 0.0194. The average molecular weight is 370 g/mol. The Bertz CT molecular complexity index is 846. The molecule has 0 unspecified atom stereocenters. The normalized spacial score (nSPS) is 11.2. The van der Waals surface area contributed by atoms with E-state index in [2.05, 4.69) is 15.5 Å². The Morgan fingerprint density at radius 3 is 2.54 bits per heavy atom. The van der Waals surface area contributed by atoms with Gasteiger partial charge in [-0.05, 0) is 18.6 Å². The zero-order valence-corrected chi connectivity index (χ0v) is 14.3. The lowest BCUT2D eigenvalue weighted by Gasteiger charge is -2.00. The second kappa shape index (κ2) is 7.45. The summed E-state index contributed by atoms with van der Waals surface area (Å²) in [6.07, 6.45) is 1.26. The van der Waals surface area contributed by atoms with Crippen LogP contribution in [-0.4, -0.2) is 35.2 Å². The summed E-state index contributed by atoms with van der Waals surface area (Å²) in [5.74, 6) is -0.576. The lowest BCUT2D eigenvalue weighted by atomic mass is 10.2. The Balaban J connectivity index is 2.09. The third kappa shape index (κ3) is 4.32. The molecule has 0 aliphatic heterocycles. The van der Waals surface area contributed by atoms with Crippen molar-refractivity contribution in [1.82, 2.24) is 10.2 Å². The molecular formula is C13H14N4O5S2. The van der Waals surface area contributed by atoms with Gasteiger partial charge in [0.2, 0.25) is 19.3 Å². The Labute approximate surface area is 141 Å². The van der Waals surface area contributed by atoms with Crippen molar-refractivity contribution in [3.63, 3.8) is 0 Å². The molecule has 1 aromatic heterocycles. The van der Waals surface area contributed by atoms with Crippen molar-refractivity contribution in [2.45, 2.75) is 24.1 Å². The summed E-state index contributed by atoms with van der Waals surface area (Å²) < 4.78 is 23.8. The van der Waals surface area contributed by atoms with Crippen LogP contribution in [0.3, 0.4) is 0 Å². The van der Waals surface area contributed by atoms with E-state index in [1.807, 2.05) is 6.92 Å². The van der Waals surface area contributed by atoms with Crippen LogP contribution >= 0.6 is 11.3 Å². The number of non-ortho nitro benzene ring substituents is 1. The number of aromatic nitrogens is 2. The largest absolute Gasteiger partial charge is 0.296 e. The molecular weight excluding hydrogens is 356 g/mol. The van der Waals surface area contributed by atoms with Gasteiger partial charge in [0.05, 0.1) is 10.7 Å². The van der Waals surface area contributed by atoms with Gasteiger partial charge >= 0.3 is 0 Å². The van der Waals surface area contributed by atoms with Crippen LogP contribution in [-0.2, 0) is 9.84 Å². The van der Waals surface area contributed by atoms with Crippen molar-refractivity contribution in [3.8, 4) is 0 Å². The standard InChI is InChI=1S/C13H14N4O5S2/c1-2-3-8-24(21,22)13-16-15-12(23-13)14-11(18)9-4-6-10(7-5-9)17(19)20/h4-7H,2-3,8H2,1H3,(H,14,15,18). The topological polar surface area (TPSA) is 132 Å². The number of carbonyl (C=O) groups excluding carboxylic acids is 1. The maximum atomic E-state index is 12.0. The van der Waals surface area contributed by atoms with Crippen molar-refractivity contribution >= 4 is 37.9 Å². The number of rotatable bonds is 7. The minimum Gasteiger partial charge on any atom is -0.296 e. The van der Waals surface area contributed by atoms with Gasteiger partial charge in [-0.2, -0.15) is 0 Å². The summed E-state index contributed by atoms with van der Waals surface area (Å²) in [4.78, 5) is 22.0. The van der Waals surface area contributed by atoms with E-state index in [0.717, 1.165) is 17.8 Å². The van der Waals surface area contributed by atoms with Crippen molar-refractivity contribution in [2.75, 3.05) is 11.1 Å². The molecule has 1 amide bonds. The number of anilines is 1. The summed E-state index contributed by atoms with van der Waals surface area (Å²) in [6, 6.07) is 5.01. The molecule has 0 saturated carbocycles. The van der Waals surface area contributed by atoms with Crippen LogP contribution in [0.1, 0.15) is 30.1 Å². The van der Waals surface area contributed by atoms with Crippen LogP contribution in [0.15, 0.2) is 28.6 Å². The molecule has 128 valence electrons. The number of carbonyl (C=O) groups is 1. The Hall–Kier alpha value is -2.40. The highest BCUT2D eigenvalue weighted by Gasteiger charge is 2.20. The second-order valence-electron chi connectivity index (χ2n) is 4.80. The van der Waals surface area contributed by atoms with E-state index < -0.39 is 20.7 Å². The van der Waals surface area contributed by atoms with Crippen LogP contribution in [0.4, 0.5) is 10.8 Å². The Morgan fingerprint density at radius 1 is 1.29 bits per heavy atom. The second-order valence-corrected chi connectivity index (χ2v) is 8.06. The number of hydrogen-bond donors (Lipinski definition) is 1. The van der Waals surface area contributed by atoms with Crippen molar-refractivity contribution in [2.24, 2.45) is 0 Å². The Morgan fingerprint density at radius 2 is 1.96 bits per heavy atom. The van der Waals surface area contributed by atoms with Crippen molar-refractivity contribution in [3.05, 3.63) is 39.9 Å². The van der Waals surface area contributed by atoms with Gasteiger partial charge in [-0.25, -0.2) is 8.42 Å². The number of benzene rings is 1. The number of hydrogen-bond acceptors (Lipinski definition) is 8. The number of nitro benzene ring substituents is 1. The van der Waals surface area contributed by atoms with E-state index in [1.54, 1.807) is 0 Å². The molecule has 1 N–H and O–H groups in total. The number of nitrogens with one attached hydrogen (secondary N) is 1. The average Bonchev–Trinajstić information content (AvgIpc) is 3.02. The monoisotopic (exact) mass is 370 g/mol. The van der Waals surface area contributed by atoms with Crippen LogP contribution in [0.2, 0.25) is 0 Å². The molecule has 9 nitrogen and oxygen atoms in total. The van der Waals surface area contributed by atoms with Gasteiger partial charge < -0.3 is 0 Å². The fraction of sp³-hybridized carbons (Fsp3) is 0.308. The summed E-state index contributed by atoms with van der Waals surface area (Å²) in [5, 5.41) is 20.3. The molecule has 2 aromatic rings. The lowest BCUT2D eigenvalue weighted by Crippen LogP contribution is -2.11. The third-order valence-corrected chi connectivity index (χ3v) is 6.08. The number of sulfone groups is 1. The van der Waals surface area contributed by atoms with E-state index in [4.69, 9.17) is 0 Å². The number of nitro groups is 1. The third-order valence-electron chi connectivity index (χ3n) is 3.00. The van der Waals surface area contributed by atoms with Gasteiger partial charge in [-0.15, -0.1) is 10.2 Å². The molecule has 0 radical (unpaired) electrons. The molecule has 0 saturated heterocycles. The van der Waals surface area contributed by atoms with Gasteiger partial charge in [0.25, 0.3) is 11.6 Å². The maximum Gasteiger partial charge on any atom is 0.269 e. The predicted octanol–water partition coefficient (Wildman–Crippen LogP) is 2.27. The van der Waals surface area contributed by atoms with E-state index >= 15 is 0 Å². The van der Waals surface area contributed by atoms with Gasteiger partial charge in [0.1, 0.15) is 0 Å². The molecule has 0 fully saturated rings. The molecule has 0 spiro atoms.